The average Bonchev–Trinajstić information content (AvgIpc) is 3.59. The summed E-state index contributed by atoms with van der Waals surface area (Å²) in [7, 11) is 12.5. The van der Waals surface area contributed by atoms with Crippen LogP contribution in [0.3, 0.4) is 0 Å². The van der Waals surface area contributed by atoms with Crippen molar-refractivity contribution in [2.45, 2.75) is 64.8 Å². The number of hydrogen-bond donors (Lipinski definition) is 0. The third kappa shape index (κ3) is 9.49. The largest absolute Gasteiger partial charge is 0.492 e. The van der Waals surface area contributed by atoms with E-state index in [4.69, 9.17) is 49.0 Å². The summed E-state index contributed by atoms with van der Waals surface area (Å²) in [6, 6.07) is 3.20. The molecule has 2 aromatic rings. The van der Waals surface area contributed by atoms with E-state index in [-0.39, 0.29) is 56.0 Å². The lowest BCUT2D eigenvalue weighted by Gasteiger charge is -2.23. The number of carbonyl (C=O) groups excluding carboxylic acids is 3. The van der Waals surface area contributed by atoms with Crippen LogP contribution in [0.25, 0.3) is 6.08 Å². The molecule has 0 bridgehead atoms. The van der Waals surface area contributed by atoms with Crippen molar-refractivity contribution in [2.24, 2.45) is 5.92 Å². The van der Waals surface area contributed by atoms with Crippen LogP contribution in [-0.4, -0.2) is 106 Å². The van der Waals surface area contributed by atoms with Gasteiger partial charge in [-0.1, -0.05) is 25.2 Å². The average molecular weight is 647 g/mol. The number of amides is 1. The van der Waals surface area contributed by atoms with Crippen molar-refractivity contribution < 1.29 is 47.6 Å². The quantitative estimate of drug-likeness (QED) is 0.202. The molecule has 2 aliphatic heterocycles. The summed E-state index contributed by atoms with van der Waals surface area (Å²) in [4.78, 5) is 49.7. The van der Waals surface area contributed by atoms with E-state index in [1.165, 1.54) is 29.0 Å². The first-order valence-corrected chi connectivity index (χ1v) is 15.2. The van der Waals surface area contributed by atoms with Gasteiger partial charge in [0, 0.05) is 25.3 Å². The number of esters is 1. The van der Waals surface area contributed by atoms with E-state index < -0.39 is 35.9 Å². The molecule has 0 aliphatic carbocycles. The van der Waals surface area contributed by atoms with Crippen molar-refractivity contribution in [3.63, 3.8) is 0 Å². The fraction of sp³-hybridized carbons (Fsp3) is 0.500. The highest BCUT2D eigenvalue weighted by Gasteiger charge is 2.43. The number of methoxy groups -OCH3 is 1. The van der Waals surface area contributed by atoms with Crippen LogP contribution in [0.5, 0.6) is 11.5 Å². The molecule has 0 spiro atoms. The van der Waals surface area contributed by atoms with Gasteiger partial charge in [-0.05, 0) is 44.9 Å². The summed E-state index contributed by atoms with van der Waals surface area (Å²) in [6.07, 6.45) is 8.09. The Bertz CT molecular complexity index is 1480. The monoisotopic (exact) mass is 647 g/mol. The summed E-state index contributed by atoms with van der Waals surface area (Å²) in [5.74, 6) is -1.87. The van der Waals surface area contributed by atoms with Crippen molar-refractivity contribution >= 4 is 39.3 Å². The number of carbonyl (C=O) groups is 3. The number of fused-ring (bicyclic) bond motifs is 2. The third-order valence-corrected chi connectivity index (χ3v) is 7.54. The second kappa shape index (κ2) is 16.2. The third-order valence-electron chi connectivity index (χ3n) is 7.54. The molecule has 47 heavy (non-hydrogen) atoms. The first-order valence-electron chi connectivity index (χ1n) is 15.2. The van der Waals surface area contributed by atoms with Gasteiger partial charge in [0.15, 0.2) is 30.0 Å². The molecule has 1 aromatic carbocycles. The molecular formula is C32H39B2N3O10. The molecule has 15 heteroatoms. The van der Waals surface area contributed by atoms with E-state index in [2.05, 4.69) is 4.98 Å². The van der Waals surface area contributed by atoms with E-state index in [1.807, 2.05) is 6.92 Å². The van der Waals surface area contributed by atoms with E-state index in [1.54, 1.807) is 57.3 Å². The standard InChI is InChI=1S/C32H39B2N3O10/c1-20-9-10-24(38)29-25(46-32(3,4)47-29)8-6-7-22-15-23(16-26(43-19-41-5)28(22)30(39)45-21(20)2)42-14-13-36(31(34)40)17-27-35-11-12-37(27)44-18-33/h6-7,9-12,15-16,20-21,25,29H,8,13-14,17-19H2,1-5H3/b7-6?,10-9-/t20-,21+,25+,29?/m1/s1. The summed E-state index contributed by atoms with van der Waals surface area (Å²) < 4.78 is 36.1. The first kappa shape index (κ1) is 35.8. The number of nitrogens with zero attached hydrogens (tertiary/aromatic N) is 3. The molecule has 248 valence electrons. The van der Waals surface area contributed by atoms with Crippen LogP contribution >= 0.6 is 0 Å². The van der Waals surface area contributed by atoms with Gasteiger partial charge in [0.1, 0.15) is 43.7 Å². The predicted molar refractivity (Wildman–Crippen MR) is 171 cm³/mol. The SMILES string of the molecule is [B]COn1ccnc1CN(CCOc1cc2c(c(OCOC)c1)C(=O)O[C@@H](C)[C@H](C)/C=C\C(=O)C1OC(C)(C)O[C@H]1CC=C2)C([B])=O. The Hall–Kier alpha value is -4.07. The van der Waals surface area contributed by atoms with Crippen LogP contribution < -0.4 is 14.3 Å². The topological polar surface area (TPSA) is 137 Å². The minimum atomic E-state index is -0.950. The zero-order chi connectivity index (χ0) is 34.1. The van der Waals surface area contributed by atoms with Gasteiger partial charge in [-0.25, -0.2) is 9.78 Å². The normalized spacial score (nSPS) is 23.2. The van der Waals surface area contributed by atoms with E-state index in [0.29, 0.717) is 23.6 Å². The van der Waals surface area contributed by atoms with Crippen molar-refractivity contribution in [1.82, 2.24) is 14.6 Å². The van der Waals surface area contributed by atoms with Crippen molar-refractivity contribution in [3.05, 3.63) is 59.7 Å². The Morgan fingerprint density at radius 3 is 2.68 bits per heavy atom. The molecule has 1 aromatic heterocycles. The zero-order valence-corrected chi connectivity index (χ0v) is 27.2. The minimum Gasteiger partial charge on any atom is -0.492 e. The lowest BCUT2D eigenvalue weighted by Crippen LogP contribution is -2.34. The van der Waals surface area contributed by atoms with Gasteiger partial charge in [0.2, 0.25) is 7.85 Å². The van der Waals surface area contributed by atoms with E-state index >= 15 is 0 Å². The Kier molecular flexibility index (Phi) is 12.3. The Morgan fingerprint density at radius 2 is 1.96 bits per heavy atom. The van der Waals surface area contributed by atoms with Crippen molar-refractivity contribution in [1.29, 1.82) is 0 Å². The maximum Gasteiger partial charge on any atom is 0.342 e. The molecular weight excluding hydrogens is 608 g/mol. The molecule has 1 saturated heterocycles. The zero-order valence-electron chi connectivity index (χ0n) is 27.2. The Morgan fingerprint density at radius 1 is 1.17 bits per heavy atom. The number of rotatable bonds is 11. The lowest BCUT2D eigenvalue weighted by molar-refractivity contribution is -0.152. The number of imidazole rings is 1. The van der Waals surface area contributed by atoms with Crippen LogP contribution in [0.4, 0.5) is 4.79 Å². The van der Waals surface area contributed by atoms with Gasteiger partial charge in [-0.15, -0.1) is 0 Å². The molecule has 1 unspecified atom stereocenters. The van der Waals surface area contributed by atoms with Crippen LogP contribution in [0.15, 0.2) is 42.8 Å². The van der Waals surface area contributed by atoms with E-state index in [9.17, 15) is 14.4 Å². The van der Waals surface area contributed by atoms with Gasteiger partial charge in [0.25, 0.3) is 0 Å². The lowest BCUT2D eigenvalue weighted by atomic mass is 9.99. The van der Waals surface area contributed by atoms with Gasteiger partial charge in [-0.3, -0.25) is 9.59 Å². The molecule has 4 atom stereocenters. The van der Waals surface area contributed by atoms with Crippen molar-refractivity contribution in [3.8, 4) is 11.5 Å². The fourth-order valence-electron chi connectivity index (χ4n) is 5.03. The van der Waals surface area contributed by atoms with Crippen LogP contribution in [-0.2, 0) is 30.3 Å². The second-order valence-electron chi connectivity index (χ2n) is 11.5. The summed E-state index contributed by atoms with van der Waals surface area (Å²) in [5, 5.41) is 0. The summed E-state index contributed by atoms with van der Waals surface area (Å²) in [6.45, 7) is 7.04. The minimum absolute atomic E-state index is 0.0328. The smallest absolute Gasteiger partial charge is 0.342 e. The van der Waals surface area contributed by atoms with Crippen LogP contribution in [0, 0.1) is 5.92 Å². The van der Waals surface area contributed by atoms with Gasteiger partial charge in [-0.2, -0.15) is 4.73 Å². The Labute approximate surface area is 276 Å². The number of aromatic nitrogens is 2. The highest BCUT2D eigenvalue weighted by atomic mass is 16.8. The van der Waals surface area contributed by atoms with Gasteiger partial charge in [0.05, 0.1) is 31.9 Å². The predicted octanol–water partition coefficient (Wildman–Crippen LogP) is 2.83. The van der Waals surface area contributed by atoms with Crippen molar-refractivity contribution in [2.75, 3.05) is 33.6 Å². The Balaban J connectivity index is 1.63. The maximum absolute atomic E-state index is 13.6. The molecule has 1 amide bonds. The molecule has 1 fully saturated rings. The maximum atomic E-state index is 13.6. The molecule has 3 heterocycles. The number of hydrogen-bond acceptors (Lipinski definition) is 11. The molecule has 0 N–H and O–H groups in total. The van der Waals surface area contributed by atoms with Gasteiger partial charge >= 0.3 is 5.97 Å². The van der Waals surface area contributed by atoms with Gasteiger partial charge < -0.3 is 38.2 Å². The fourth-order valence-corrected chi connectivity index (χ4v) is 5.03. The summed E-state index contributed by atoms with van der Waals surface area (Å²) in [5.41, 5.74) is 0.590. The molecule has 0 saturated carbocycles. The summed E-state index contributed by atoms with van der Waals surface area (Å²) >= 11 is 0. The molecule has 4 rings (SSSR count). The number of ketones is 1. The van der Waals surface area contributed by atoms with Crippen LogP contribution in [0.1, 0.15) is 55.9 Å². The first-order chi connectivity index (χ1) is 22.4. The highest BCUT2D eigenvalue weighted by molar-refractivity contribution is 6.56. The number of cyclic esters (lactones) is 1. The van der Waals surface area contributed by atoms with E-state index in [0.717, 1.165) is 0 Å². The number of ether oxygens (including phenoxy) is 6. The van der Waals surface area contributed by atoms with Crippen LogP contribution in [0.2, 0.25) is 0 Å². The molecule has 2 aliphatic rings. The number of benzene rings is 1. The molecule has 13 nitrogen and oxygen atoms in total. The molecule has 4 radical (unpaired) electrons. The highest BCUT2D eigenvalue weighted by Crippen LogP contribution is 2.34. The second-order valence-corrected chi connectivity index (χ2v) is 11.5.